The Morgan fingerprint density at radius 3 is 2.79 bits per heavy atom. The summed E-state index contributed by atoms with van der Waals surface area (Å²) in [6, 6.07) is 7.76. The molecule has 19 heavy (non-hydrogen) atoms. The molecule has 98 valence electrons. The summed E-state index contributed by atoms with van der Waals surface area (Å²) in [7, 11) is 0. The van der Waals surface area contributed by atoms with E-state index in [1.54, 1.807) is 17.8 Å². The highest BCUT2D eigenvalue weighted by Gasteiger charge is 2.11. The highest BCUT2D eigenvalue weighted by Crippen LogP contribution is 2.11. The lowest BCUT2D eigenvalue weighted by Crippen LogP contribution is -2.04. The van der Waals surface area contributed by atoms with E-state index in [1.807, 2.05) is 34.4 Å². The number of hydrogen-bond donors (Lipinski definition) is 0. The van der Waals surface area contributed by atoms with E-state index < -0.39 is 5.97 Å². The van der Waals surface area contributed by atoms with Gasteiger partial charge in [-0.2, -0.15) is 0 Å². The van der Waals surface area contributed by atoms with Crippen LogP contribution in [-0.2, 0) is 4.74 Å². The first kappa shape index (κ1) is 13.7. The normalized spacial score (nSPS) is 10.8. The molecule has 5 nitrogen and oxygen atoms in total. The third kappa shape index (κ3) is 3.40. The van der Waals surface area contributed by atoms with Gasteiger partial charge in [0.25, 0.3) is 0 Å². The van der Waals surface area contributed by atoms with E-state index in [9.17, 15) is 4.79 Å². The number of esters is 1. The van der Waals surface area contributed by atoms with Gasteiger partial charge in [-0.3, -0.25) is 0 Å². The van der Waals surface area contributed by atoms with Crippen LogP contribution in [0.15, 0.2) is 34.5 Å². The molecule has 0 aliphatic heterocycles. The van der Waals surface area contributed by atoms with Crippen LogP contribution in [-0.4, -0.2) is 27.6 Å². The number of carbonyl (C=O) groups excluding carboxylic acids is 1. The van der Waals surface area contributed by atoms with E-state index in [0.717, 1.165) is 11.3 Å². The van der Waals surface area contributed by atoms with Crippen molar-refractivity contribution in [1.29, 1.82) is 0 Å². The Morgan fingerprint density at radius 2 is 2.16 bits per heavy atom. The SMILES string of the molecule is CCOC(=O)c1cn(-c2ccc(/C=C/I)cc2)nn1. The van der Waals surface area contributed by atoms with Gasteiger partial charge in [0.1, 0.15) is 0 Å². The van der Waals surface area contributed by atoms with E-state index in [4.69, 9.17) is 4.74 Å². The molecule has 1 heterocycles. The number of carbonyl (C=O) groups is 1. The molecule has 0 bridgehead atoms. The number of rotatable bonds is 4. The summed E-state index contributed by atoms with van der Waals surface area (Å²) in [6.45, 7) is 2.07. The third-order valence-corrected chi connectivity index (χ3v) is 2.75. The van der Waals surface area contributed by atoms with Crippen molar-refractivity contribution in [2.45, 2.75) is 6.92 Å². The van der Waals surface area contributed by atoms with Gasteiger partial charge in [0, 0.05) is 0 Å². The monoisotopic (exact) mass is 369 g/mol. The highest BCUT2D eigenvalue weighted by molar-refractivity contribution is 14.1. The quantitative estimate of drug-likeness (QED) is 0.615. The third-order valence-electron chi connectivity index (χ3n) is 2.39. The minimum Gasteiger partial charge on any atom is -0.461 e. The first-order chi connectivity index (χ1) is 9.24. The summed E-state index contributed by atoms with van der Waals surface area (Å²) in [5.41, 5.74) is 2.15. The molecule has 6 heteroatoms. The zero-order chi connectivity index (χ0) is 13.7. The van der Waals surface area contributed by atoms with Crippen LogP contribution in [0.4, 0.5) is 0 Å². The largest absolute Gasteiger partial charge is 0.461 e. The molecule has 2 rings (SSSR count). The van der Waals surface area contributed by atoms with Crippen LogP contribution in [0, 0.1) is 0 Å². The average Bonchev–Trinajstić information content (AvgIpc) is 2.90. The van der Waals surface area contributed by atoms with Crippen molar-refractivity contribution in [3.8, 4) is 5.69 Å². The van der Waals surface area contributed by atoms with Crippen LogP contribution in [0.3, 0.4) is 0 Å². The maximum absolute atomic E-state index is 11.5. The molecule has 0 atom stereocenters. The number of hydrogen-bond acceptors (Lipinski definition) is 4. The molecule has 1 aromatic carbocycles. The first-order valence-electron chi connectivity index (χ1n) is 5.71. The Kier molecular flexibility index (Phi) is 4.67. The molecule has 0 saturated carbocycles. The molecular formula is C13H12IN3O2. The number of benzene rings is 1. The van der Waals surface area contributed by atoms with Gasteiger partial charge >= 0.3 is 5.97 Å². The predicted octanol–water partition coefficient (Wildman–Crippen LogP) is 2.85. The molecule has 2 aromatic rings. The molecule has 0 aliphatic rings. The topological polar surface area (TPSA) is 57.0 Å². The molecule has 0 unspecified atom stereocenters. The minimum atomic E-state index is -0.460. The van der Waals surface area contributed by atoms with Crippen LogP contribution in [0.2, 0.25) is 0 Å². The number of ether oxygens (including phenoxy) is 1. The van der Waals surface area contributed by atoms with Crippen molar-refractivity contribution in [2.75, 3.05) is 6.61 Å². The maximum Gasteiger partial charge on any atom is 0.360 e. The highest BCUT2D eigenvalue weighted by atomic mass is 127. The molecule has 0 spiro atoms. The lowest BCUT2D eigenvalue weighted by molar-refractivity contribution is 0.0519. The second-order valence-corrected chi connectivity index (χ2v) is 4.37. The van der Waals surface area contributed by atoms with Gasteiger partial charge in [-0.25, -0.2) is 9.48 Å². The van der Waals surface area contributed by atoms with E-state index in [2.05, 4.69) is 32.9 Å². The van der Waals surface area contributed by atoms with Crippen LogP contribution in [0.1, 0.15) is 23.0 Å². The van der Waals surface area contributed by atoms with Crippen molar-refractivity contribution < 1.29 is 9.53 Å². The van der Waals surface area contributed by atoms with Crippen LogP contribution >= 0.6 is 22.6 Å². The Balaban J connectivity index is 2.20. The smallest absolute Gasteiger partial charge is 0.360 e. The minimum absolute atomic E-state index is 0.207. The Hall–Kier alpha value is -1.70. The summed E-state index contributed by atoms with van der Waals surface area (Å²) in [4.78, 5) is 11.5. The van der Waals surface area contributed by atoms with E-state index in [1.165, 1.54) is 0 Å². The summed E-state index contributed by atoms with van der Waals surface area (Å²) < 4.78 is 8.35. The fourth-order valence-electron chi connectivity index (χ4n) is 1.50. The number of nitrogens with zero attached hydrogens (tertiary/aromatic N) is 3. The lowest BCUT2D eigenvalue weighted by atomic mass is 10.2. The van der Waals surface area contributed by atoms with E-state index in [-0.39, 0.29) is 5.69 Å². The number of aromatic nitrogens is 3. The molecule has 0 saturated heterocycles. The van der Waals surface area contributed by atoms with Crippen LogP contribution < -0.4 is 0 Å². The van der Waals surface area contributed by atoms with Crippen molar-refractivity contribution >= 4 is 34.6 Å². The second kappa shape index (κ2) is 6.46. The molecule has 0 radical (unpaired) electrons. The van der Waals surface area contributed by atoms with Gasteiger partial charge in [-0.15, -0.1) is 5.10 Å². The Labute approximate surface area is 124 Å². The van der Waals surface area contributed by atoms with Crippen molar-refractivity contribution in [1.82, 2.24) is 15.0 Å². The Bertz CT molecular complexity index is 590. The average molecular weight is 369 g/mol. The fraction of sp³-hybridized carbons (Fsp3) is 0.154. The molecule has 1 aromatic heterocycles. The van der Waals surface area contributed by atoms with Crippen molar-refractivity contribution in [2.24, 2.45) is 0 Å². The standard InChI is InChI=1S/C13H12IN3O2/c1-2-19-13(18)12-9-17(16-15-12)11-5-3-10(4-6-11)7-8-14/h3-9H,2H2,1H3/b8-7+. The lowest BCUT2D eigenvalue weighted by Gasteiger charge is -2.00. The summed E-state index contributed by atoms with van der Waals surface area (Å²) >= 11 is 2.17. The molecule has 0 aliphatic carbocycles. The summed E-state index contributed by atoms with van der Waals surface area (Å²) in [6.07, 6.45) is 3.55. The van der Waals surface area contributed by atoms with Gasteiger partial charge < -0.3 is 4.74 Å². The van der Waals surface area contributed by atoms with Crippen LogP contribution in [0.5, 0.6) is 0 Å². The summed E-state index contributed by atoms with van der Waals surface area (Å²) in [5.74, 6) is -0.460. The zero-order valence-corrected chi connectivity index (χ0v) is 12.4. The summed E-state index contributed by atoms with van der Waals surface area (Å²) in [5, 5.41) is 7.70. The van der Waals surface area contributed by atoms with E-state index >= 15 is 0 Å². The second-order valence-electron chi connectivity index (χ2n) is 3.65. The zero-order valence-electron chi connectivity index (χ0n) is 10.3. The van der Waals surface area contributed by atoms with Gasteiger partial charge in [0.15, 0.2) is 5.69 Å². The van der Waals surface area contributed by atoms with Gasteiger partial charge in [0.2, 0.25) is 0 Å². The van der Waals surface area contributed by atoms with Gasteiger partial charge in [-0.05, 0) is 34.8 Å². The predicted molar refractivity (Wildman–Crippen MR) is 80.4 cm³/mol. The fourth-order valence-corrected chi connectivity index (χ4v) is 1.91. The molecular weight excluding hydrogens is 357 g/mol. The first-order valence-corrected chi connectivity index (χ1v) is 6.96. The number of halogens is 1. The molecule has 0 fully saturated rings. The van der Waals surface area contributed by atoms with Gasteiger partial charge in [0.05, 0.1) is 18.5 Å². The molecule has 0 N–H and O–H groups in total. The van der Waals surface area contributed by atoms with E-state index in [0.29, 0.717) is 6.61 Å². The van der Waals surface area contributed by atoms with Gasteiger partial charge in [-0.1, -0.05) is 39.9 Å². The molecule has 0 amide bonds. The maximum atomic E-state index is 11.5. The van der Waals surface area contributed by atoms with Crippen LogP contribution in [0.25, 0.3) is 11.8 Å². The van der Waals surface area contributed by atoms with Crippen molar-refractivity contribution in [3.63, 3.8) is 0 Å². The Morgan fingerprint density at radius 1 is 1.42 bits per heavy atom. The van der Waals surface area contributed by atoms with Crippen molar-refractivity contribution in [3.05, 3.63) is 45.8 Å².